The summed E-state index contributed by atoms with van der Waals surface area (Å²) >= 11 is 0. The maximum absolute atomic E-state index is 13.3. The maximum atomic E-state index is 13.3. The molecule has 0 saturated heterocycles. The molecule has 2 rings (SSSR count). The Kier molecular flexibility index (Phi) is 6.34. The van der Waals surface area contributed by atoms with Crippen LogP contribution in [0.15, 0.2) is 36.4 Å². The number of carbonyl (C=O) groups excluding carboxylic acids is 2. The molecule has 2 N–H and O–H groups in total. The number of para-hydroxylation sites is 2. The lowest BCUT2D eigenvalue weighted by molar-refractivity contribution is -0.135. The number of ether oxygens (including phenoxy) is 1. The van der Waals surface area contributed by atoms with Gasteiger partial charge >= 0.3 is 0 Å². The van der Waals surface area contributed by atoms with Crippen molar-refractivity contribution in [2.24, 2.45) is 16.7 Å². The molecule has 1 saturated carbocycles. The predicted octanol–water partition coefficient (Wildman–Crippen LogP) is 4.16. The summed E-state index contributed by atoms with van der Waals surface area (Å²) in [5, 5.41) is 5.95. The molecule has 1 aromatic carbocycles. The molecular weight excluding hydrogens is 340 g/mol. The van der Waals surface area contributed by atoms with E-state index in [1.807, 2.05) is 58.9 Å². The molecule has 0 spiro atoms. The van der Waals surface area contributed by atoms with Crippen molar-refractivity contribution in [3.8, 4) is 5.75 Å². The van der Waals surface area contributed by atoms with E-state index in [1.165, 1.54) is 0 Å². The molecule has 0 bridgehead atoms. The third-order valence-electron chi connectivity index (χ3n) is 6.00. The van der Waals surface area contributed by atoms with Crippen molar-refractivity contribution in [1.29, 1.82) is 0 Å². The number of amides is 2. The van der Waals surface area contributed by atoms with E-state index >= 15 is 0 Å². The molecule has 2 atom stereocenters. The molecule has 0 aromatic heterocycles. The Labute approximate surface area is 162 Å². The van der Waals surface area contributed by atoms with Gasteiger partial charge in [-0.3, -0.25) is 9.59 Å². The van der Waals surface area contributed by atoms with Crippen LogP contribution in [0.4, 0.5) is 5.69 Å². The normalized spacial score (nSPS) is 23.5. The van der Waals surface area contributed by atoms with Gasteiger partial charge in [0.25, 0.3) is 0 Å². The van der Waals surface area contributed by atoms with Gasteiger partial charge in [0.15, 0.2) is 0 Å². The monoisotopic (exact) mass is 372 g/mol. The van der Waals surface area contributed by atoms with Crippen molar-refractivity contribution in [3.05, 3.63) is 36.4 Å². The van der Waals surface area contributed by atoms with E-state index in [-0.39, 0.29) is 17.7 Å². The Balaban J connectivity index is 2.21. The molecule has 0 heterocycles. The Morgan fingerprint density at radius 3 is 2.56 bits per heavy atom. The smallest absolute Gasteiger partial charge is 0.230 e. The molecule has 5 heteroatoms. The average molecular weight is 373 g/mol. The number of nitrogens with one attached hydrogen (secondary N) is 2. The second-order valence-electron chi connectivity index (χ2n) is 8.24. The summed E-state index contributed by atoms with van der Waals surface area (Å²) in [6.45, 7) is 14.6. The van der Waals surface area contributed by atoms with Crippen LogP contribution in [0, 0.1) is 16.7 Å². The van der Waals surface area contributed by atoms with Crippen LogP contribution >= 0.6 is 0 Å². The summed E-state index contributed by atoms with van der Waals surface area (Å²) in [4.78, 5) is 25.7. The SMILES string of the molecule is C=C(C)COc1ccccc1NC(=O)[C@]1(C)CC[C@H](C(=O)NCC)C1(C)C. The van der Waals surface area contributed by atoms with Gasteiger partial charge in [-0.05, 0) is 49.8 Å². The standard InChI is InChI=1S/C22H32N2O3/c1-7-23-19(25)16-12-13-22(6,21(16,4)5)20(26)24-17-10-8-9-11-18(17)27-14-15(2)3/h8-11,16H,2,7,12-14H2,1,3-6H3,(H,23,25)(H,24,26)/t16-,22+/m1/s1. The lowest BCUT2D eigenvalue weighted by Crippen LogP contribution is -2.47. The largest absolute Gasteiger partial charge is 0.487 e. The van der Waals surface area contributed by atoms with Crippen LogP contribution in [0.3, 0.4) is 0 Å². The van der Waals surface area contributed by atoms with E-state index in [0.29, 0.717) is 37.4 Å². The topological polar surface area (TPSA) is 67.4 Å². The van der Waals surface area contributed by atoms with Gasteiger partial charge in [0.1, 0.15) is 12.4 Å². The summed E-state index contributed by atoms with van der Waals surface area (Å²) < 4.78 is 5.76. The third-order valence-corrected chi connectivity index (χ3v) is 6.00. The fourth-order valence-electron chi connectivity index (χ4n) is 3.82. The highest BCUT2D eigenvalue weighted by atomic mass is 16.5. The number of anilines is 1. The predicted molar refractivity (Wildman–Crippen MR) is 109 cm³/mol. The maximum Gasteiger partial charge on any atom is 0.230 e. The molecular formula is C22H32N2O3. The first-order valence-electron chi connectivity index (χ1n) is 9.59. The number of rotatable bonds is 7. The van der Waals surface area contributed by atoms with E-state index in [1.54, 1.807) is 0 Å². The summed E-state index contributed by atoms with van der Waals surface area (Å²) in [7, 11) is 0. The van der Waals surface area contributed by atoms with Gasteiger partial charge in [-0.1, -0.05) is 39.5 Å². The molecule has 0 unspecified atom stereocenters. The zero-order valence-corrected chi connectivity index (χ0v) is 17.1. The van der Waals surface area contributed by atoms with Gasteiger partial charge in [0.2, 0.25) is 11.8 Å². The highest BCUT2D eigenvalue weighted by molar-refractivity contribution is 5.98. The lowest BCUT2D eigenvalue weighted by atomic mass is 9.65. The highest BCUT2D eigenvalue weighted by Crippen LogP contribution is 2.56. The van der Waals surface area contributed by atoms with Crippen LogP contribution in [0.1, 0.15) is 47.5 Å². The molecule has 1 aromatic rings. The van der Waals surface area contributed by atoms with E-state index in [2.05, 4.69) is 17.2 Å². The zero-order valence-electron chi connectivity index (χ0n) is 17.1. The van der Waals surface area contributed by atoms with Crippen LogP contribution in [-0.4, -0.2) is 25.0 Å². The molecule has 0 aliphatic heterocycles. The molecule has 1 aliphatic rings. The summed E-state index contributed by atoms with van der Waals surface area (Å²) in [6, 6.07) is 7.40. The number of hydrogen-bond acceptors (Lipinski definition) is 3. The van der Waals surface area contributed by atoms with Gasteiger partial charge in [-0.25, -0.2) is 0 Å². The Hall–Kier alpha value is -2.30. The van der Waals surface area contributed by atoms with Gasteiger partial charge < -0.3 is 15.4 Å². The van der Waals surface area contributed by atoms with Crippen molar-refractivity contribution >= 4 is 17.5 Å². The van der Waals surface area contributed by atoms with Gasteiger partial charge in [-0.2, -0.15) is 0 Å². The first kappa shape index (κ1) is 21.0. The van der Waals surface area contributed by atoms with Gasteiger partial charge in [-0.15, -0.1) is 0 Å². The fraction of sp³-hybridized carbons (Fsp3) is 0.545. The molecule has 148 valence electrons. The second-order valence-corrected chi connectivity index (χ2v) is 8.24. The van der Waals surface area contributed by atoms with Crippen molar-refractivity contribution in [2.45, 2.75) is 47.5 Å². The summed E-state index contributed by atoms with van der Waals surface area (Å²) in [5.41, 5.74) is 0.445. The van der Waals surface area contributed by atoms with Crippen LogP contribution in [0.5, 0.6) is 5.75 Å². The first-order chi connectivity index (χ1) is 12.6. The zero-order chi connectivity index (χ0) is 20.2. The Morgan fingerprint density at radius 2 is 1.93 bits per heavy atom. The van der Waals surface area contributed by atoms with Crippen LogP contribution in [0.2, 0.25) is 0 Å². The van der Waals surface area contributed by atoms with E-state index in [0.717, 1.165) is 5.57 Å². The van der Waals surface area contributed by atoms with Gasteiger partial charge in [0.05, 0.1) is 11.1 Å². The van der Waals surface area contributed by atoms with Gasteiger partial charge in [0, 0.05) is 12.5 Å². The van der Waals surface area contributed by atoms with E-state index in [9.17, 15) is 9.59 Å². The molecule has 5 nitrogen and oxygen atoms in total. The summed E-state index contributed by atoms with van der Waals surface area (Å²) in [5.74, 6) is 0.395. The highest BCUT2D eigenvalue weighted by Gasteiger charge is 2.57. The van der Waals surface area contributed by atoms with Crippen LogP contribution in [-0.2, 0) is 9.59 Å². The molecule has 1 aliphatic carbocycles. The molecule has 27 heavy (non-hydrogen) atoms. The minimum atomic E-state index is -0.649. The Morgan fingerprint density at radius 1 is 1.26 bits per heavy atom. The minimum Gasteiger partial charge on any atom is -0.487 e. The van der Waals surface area contributed by atoms with E-state index < -0.39 is 10.8 Å². The molecule has 0 radical (unpaired) electrons. The van der Waals surface area contributed by atoms with Crippen molar-refractivity contribution in [3.63, 3.8) is 0 Å². The number of carbonyl (C=O) groups is 2. The minimum absolute atomic E-state index is 0.0317. The quantitative estimate of drug-likeness (QED) is 0.706. The molecule has 2 amide bonds. The summed E-state index contributed by atoms with van der Waals surface area (Å²) in [6.07, 6.45) is 1.37. The third kappa shape index (κ3) is 4.18. The first-order valence-corrected chi connectivity index (χ1v) is 9.59. The van der Waals surface area contributed by atoms with Crippen molar-refractivity contribution in [1.82, 2.24) is 5.32 Å². The lowest BCUT2D eigenvalue weighted by Gasteiger charge is -2.40. The number of hydrogen-bond donors (Lipinski definition) is 2. The molecule has 1 fully saturated rings. The van der Waals surface area contributed by atoms with Crippen LogP contribution < -0.4 is 15.4 Å². The van der Waals surface area contributed by atoms with E-state index in [4.69, 9.17) is 4.74 Å². The fourth-order valence-corrected chi connectivity index (χ4v) is 3.82. The second kappa shape index (κ2) is 8.15. The van der Waals surface area contributed by atoms with Crippen LogP contribution in [0.25, 0.3) is 0 Å². The van der Waals surface area contributed by atoms with Crippen molar-refractivity contribution < 1.29 is 14.3 Å². The number of benzene rings is 1. The average Bonchev–Trinajstić information content (AvgIpc) is 2.85. The van der Waals surface area contributed by atoms with Crippen molar-refractivity contribution in [2.75, 3.05) is 18.5 Å². The Bertz CT molecular complexity index is 726.